The van der Waals surface area contributed by atoms with Gasteiger partial charge in [-0.3, -0.25) is 4.79 Å². The van der Waals surface area contributed by atoms with Crippen molar-refractivity contribution in [3.8, 4) is 0 Å². The molecule has 1 fully saturated rings. The van der Waals surface area contributed by atoms with Crippen LogP contribution < -0.4 is 0 Å². The van der Waals surface area contributed by atoms with Crippen LogP contribution in [0.2, 0.25) is 0 Å². The van der Waals surface area contributed by atoms with Gasteiger partial charge < -0.3 is 9.15 Å². The van der Waals surface area contributed by atoms with Crippen molar-refractivity contribution in [3.05, 3.63) is 34.5 Å². The molecule has 17 heavy (non-hydrogen) atoms. The third-order valence-corrected chi connectivity index (χ3v) is 3.64. The maximum absolute atomic E-state index is 11.2. The lowest BCUT2D eigenvalue weighted by atomic mass is 9.99. The van der Waals surface area contributed by atoms with Crippen LogP contribution >= 0.6 is 15.9 Å². The Labute approximate surface area is 107 Å². The monoisotopic (exact) mass is 294 g/mol. The van der Waals surface area contributed by atoms with Gasteiger partial charge in [-0.25, -0.2) is 0 Å². The van der Waals surface area contributed by atoms with Crippen LogP contribution in [0.4, 0.5) is 0 Å². The Balaban J connectivity index is 2.09. The summed E-state index contributed by atoms with van der Waals surface area (Å²) < 4.78 is 12.1. The van der Waals surface area contributed by atoms with Gasteiger partial charge in [-0.15, -0.1) is 0 Å². The average Bonchev–Trinajstić information content (AvgIpc) is 2.83. The van der Waals surface area contributed by atoms with Crippen LogP contribution in [0.3, 0.4) is 0 Å². The number of carbonyl (C=O) groups is 1. The summed E-state index contributed by atoms with van der Waals surface area (Å²) in [5, 5.41) is 1.01. The summed E-state index contributed by atoms with van der Waals surface area (Å²) in [5.41, 5.74) is 0.204. The van der Waals surface area contributed by atoms with Gasteiger partial charge in [-0.1, -0.05) is 15.9 Å². The molecule has 2 heterocycles. The van der Waals surface area contributed by atoms with E-state index in [-0.39, 0.29) is 5.97 Å². The van der Waals surface area contributed by atoms with Crippen LogP contribution in [-0.4, -0.2) is 5.97 Å². The van der Waals surface area contributed by atoms with Crippen molar-refractivity contribution >= 4 is 32.9 Å². The first-order valence-electron chi connectivity index (χ1n) is 5.48. The molecule has 1 aliphatic heterocycles. The second-order valence-corrected chi connectivity index (χ2v) is 5.41. The smallest absolute Gasteiger partial charge is 0.306 e. The summed E-state index contributed by atoms with van der Waals surface area (Å²) in [4.78, 5) is 11.2. The predicted octanol–water partition coefficient (Wildman–Crippen LogP) is 3.75. The van der Waals surface area contributed by atoms with Gasteiger partial charge in [0.1, 0.15) is 11.3 Å². The Morgan fingerprint density at radius 3 is 2.88 bits per heavy atom. The van der Waals surface area contributed by atoms with Gasteiger partial charge in [0.2, 0.25) is 0 Å². The lowest BCUT2D eigenvalue weighted by Crippen LogP contribution is -2.19. The minimum absolute atomic E-state index is 0.158. The summed E-state index contributed by atoms with van der Waals surface area (Å²) in [6.07, 6.45) is 1.13. The first-order valence-corrected chi connectivity index (χ1v) is 6.28. The standard InChI is InChI=1S/C13H11BrO3/c1-13(5-4-12(15)17-13)11-7-8-6-9(14)2-3-10(8)16-11/h2-3,6-7H,4-5H2,1H3. The SMILES string of the molecule is CC1(c2cc3cc(Br)ccc3o2)CCC(=O)O1. The number of hydrogen-bond acceptors (Lipinski definition) is 3. The molecule has 0 aliphatic carbocycles. The lowest BCUT2D eigenvalue weighted by Gasteiger charge is -2.19. The molecule has 4 heteroatoms. The van der Waals surface area contributed by atoms with E-state index in [9.17, 15) is 4.79 Å². The zero-order valence-corrected chi connectivity index (χ0v) is 10.9. The Bertz CT molecular complexity index is 602. The highest BCUT2D eigenvalue weighted by atomic mass is 79.9. The van der Waals surface area contributed by atoms with Crippen molar-refractivity contribution in [2.45, 2.75) is 25.4 Å². The maximum Gasteiger partial charge on any atom is 0.306 e. The number of carbonyl (C=O) groups excluding carboxylic acids is 1. The molecule has 3 nitrogen and oxygen atoms in total. The molecular formula is C13H11BrO3. The second kappa shape index (κ2) is 3.60. The molecule has 88 valence electrons. The summed E-state index contributed by atoms with van der Waals surface area (Å²) in [7, 11) is 0. The molecule has 2 aromatic rings. The molecule has 0 amide bonds. The first kappa shape index (κ1) is 10.8. The Kier molecular flexibility index (Phi) is 2.30. The van der Waals surface area contributed by atoms with Gasteiger partial charge >= 0.3 is 5.97 Å². The van der Waals surface area contributed by atoms with Crippen molar-refractivity contribution < 1.29 is 13.9 Å². The number of esters is 1. The van der Waals surface area contributed by atoms with Gasteiger partial charge in [0.25, 0.3) is 0 Å². The minimum atomic E-state index is -0.609. The van der Waals surface area contributed by atoms with E-state index in [4.69, 9.17) is 9.15 Å². The van der Waals surface area contributed by atoms with Gasteiger partial charge in [-0.2, -0.15) is 0 Å². The Morgan fingerprint density at radius 1 is 1.35 bits per heavy atom. The van der Waals surface area contributed by atoms with Crippen LogP contribution in [-0.2, 0) is 15.1 Å². The van der Waals surface area contributed by atoms with E-state index < -0.39 is 5.60 Å². The minimum Gasteiger partial charge on any atom is -0.457 e. The van der Waals surface area contributed by atoms with Crippen LogP contribution in [0.5, 0.6) is 0 Å². The normalized spacial score (nSPS) is 24.2. The molecule has 1 aliphatic rings. The summed E-state index contributed by atoms with van der Waals surface area (Å²) in [6.45, 7) is 1.89. The van der Waals surface area contributed by atoms with E-state index in [0.29, 0.717) is 12.8 Å². The number of hydrogen-bond donors (Lipinski definition) is 0. The fraction of sp³-hybridized carbons (Fsp3) is 0.308. The molecule has 0 saturated carbocycles. The highest BCUT2D eigenvalue weighted by Gasteiger charge is 2.40. The molecule has 0 radical (unpaired) electrons. The maximum atomic E-state index is 11.2. The van der Waals surface area contributed by atoms with Gasteiger partial charge in [0.15, 0.2) is 5.60 Å². The topological polar surface area (TPSA) is 39.4 Å². The number of halogens is 1. The fourth-order valence-electron chi connectivity index (χ4n) is 2.14. The molecule has 1 saturated heterocycles. The van der Waals surface area contributed by atoms with Crippen molar-refractivity contribution in [2.24, 2.45) is 0 Å². The van der Waals surface area contributed by atoms with E-state index in [1.165, 1.54) is 0 Å². The first-order chi connectivity index (χ1) is 8.07. The predicted molar refractivity (Wildman–Crippen MR) is 66.6 cm³/mol. The molecule has 1 atom stereocenters. The Hall–Kier alpha value is -1.29. The number of benzene rings is 1. The fourth-order valence-corrected chi connectivity index (χ4v) is 2.52. The number of ether oxygens (including phenoxy) is 1. The number of fused-ring (bicyclic) bond motifs is 1. The van der Waals surface area contributed by atoms with E-state index in [0.717, 1.165) is 21.2 Å². The number of cyclic esters (lactones) is 1. The third kappa shape index (κ3) is 1.76. The van der Waals surface area contributed by atoms with E-state index in [1.54, 1.807) is 0 Å². The van der Waals surface area contributed by atoms with Gasteiger partial charge in [-0.05, 0) is 31.2 Å². The molecule has 3 rings (SSSR count). The van der Waals surface area contributed by atoms with E-state index >= 15 is 0 Å². The van der Waals surface area contributed by atoms with Crippen LogP contribution in [0.15, 0.2) is 33.2 Å². The zero-order chi connectivity index (χ0) is 12.0. The average molecular weight is 295 g/mol. The van der Waals surface area contributed by atoms with Crippen LogP contribution in [0.1, 0.15) is 25.5 Å². The van der Waals surface area contributed by atoms with Crippen LogP contribution in [0, 0.1) is 0 Å². The molecule has 1 aromatic carbocycles. The lowest BCUT2D eigenvalue weighted by molar-refractivity contribution is -0.149. The second-order valence-electron chi connectivity index (χ2n) is 4.50. The number of rotatable bonds is 1. The van der Waals surface area contributed by atoms with Crippen molar-refractivity contribution in [1.29, 1.82) is 0 Å². The highest BCUT2D eigenvalue weighted by molar-refractivity contribution is 9.10. The molecule has 1 aromatic heterocycles. The summed E-state index contributed by atoms with van der Waals surface area (Å²) in [5.74, 6) is 0.561. The molecule has 0 bridgehead atoms. The summed E-state index contributed by atoms with van der Waals surface area (Å²) >= 11 is 3.42. The quantitative estimate of drug-likeness (QED) is 0.752. The van der Waals surface area contributed by atoms with Gasteiger partial charge in [0.05, 0.1) is 0 Å². The van der Waals surface area contributed by atoms with E-state index in [1.807, 2.05) is 31.2 Å². The third-order valence-electron chi connectivity index (χ3n) is 3.14. The number of furan rings is 1. The van der Waals surface area contributed by atoms with Crippen LogP contribution in [0.25, 0.3) is 11.0 Å². The van der Waals surface area contributed by atoms with E-state index in [2.05, 4.69) is 15.9 Å². The summed E-state index contributed by atoms with van der Waals surface area (Å²) in [6, 6.07) is 7.77. The highest BCUT2D eigenvalue weighted by Crippen LogP contribution is 2.39. The molecular weight excluding hydrogens is 284 g/mol. The largest absolute Gasteiger partial charge is 0.457 e. The molecule has 0 spiro atoms. The van der Waals surface area contributed by atoms with Crippen molar-refractivity contribution in [1.82, 2.24) is 0 Å². The zero-order valence-electron chi connectivity index (χ0n) is 9.33. The van der Waals surface area contributed by atoms with Crippen molar-refractivity contribution in [3.63, 3.8) is 0 Å². The molecule has 0 N–H and O–H groups in total. The molecule has 1 unspecified atom stereocenters. The van der Waals surface area contributed by atoms with Crippen molar-refractivity contribution in [2.75, 3.05) is 0 Å². The Morgan fingerprint density at radius 2 is 2.18 bits per heavy atom. The van der Waals surface area contributed by atoms with Gasteiger partial charge in [0, 0.05) is 22.7 Å².